The van der Waals surface area contributed by atoms with E-state index >= 15 is 0 Å². The third kappa shape index (κ3) is 7.25. The molecule has 1 aromatic carbocycles. The summed E-state index contributed by atoms with van der Waals surface area (Å²) in [6, 6.07) is 8.52. The summed E-state index contributed by atoms with van der Waals surface area (Å²) in [4.78, 5) is 0. The van der Waals surface area contributed by atoms with Gasteiger partial charge in [-0.25, -0.2) is 0 Å². The molecule has 0 heterocycles. The fraction of sp³-hybridized carbons (Fsp3) is 0.600. The van der Waals surface area contributed by atoms with E-state index in [0.717, 1.165) is 24.1 Å². The Morgan fingerprint density at radius 2 is 2.00 bits per heavy atom. The highest BCUT2D eigenvalue weighted by Gasteiger charge is 2.10. The number of halogens is 1. The van der Waals surface area contributed by atoms with Crippen molar-refractivity contribution in [2.75, 3.05) is 38.0 Å². The normalized spacial score (nSPS) is 12.6. The van der Waals surface area contributed by atoms with E-state index in [4.69, 9.17) is 14.2 Å². The van der Waals surface area contributed by atoms with Gasteiger partial charge in [0, 0.05) is 24.8 Å². The predicted molar refractivity (Wildman–Crippen MR) is 86.1 cm³/mol. The van der Waals surface area contributed by atoms with Crippen molar-refractivity contribution in [2.24, 2.45) is 0 Å². The molecule has 0 spiro atoms. The Balaban J connectivity index is 2.22. The Morgan fingerprint density at radius 1 is 1.16 bits per heavy atom. The smallest absolute Gasteiger partial charge is 0.0914 e. The molecule has 0 radical (unpaired) electrons. The number of hydrogen-bond donors (Lipinski definition) is 0. The van der Waals surface area contributed by atoms with Gasteiger partial charge >= 0.3 is 0 Å². The minimum Gasteiger partial charge on any atom is -0.382 e. The predicted octanol–water partition coefficient (Wildman–Crippen LogP) is 3.54. The Labute approximate surface area is 129 Å². The van der Waals surface area contributed by atoms with E-state index in [1.807, 2.05) is 0 Å². The lowest BCUT2D eigenvalue weighted by Crippen LogP contribution is -2.10. The molecule has 1 aromatic rings. The fourth-order valence-electron chi connectivity index (χ4n) is 1.73. The van der Waals surface area contributed by atoms with E-state index in [1.54, 1.807) is 7.11 Å². The molecule has 3 nitrogen and oxygen atoms in total. The van der Waals surface area contributed by atoms with E-state index in [2.05, 4.69) is 53.8 Å². The van der Waals surface area contributed by atoms with Crippen LogP contribution in [0, 0.1) is 6.92 Å². The lowest BCUT2D eigenvalue weighted by molar-refractivity contribution is 0.0321. The van der Waals surface area contributed by atoms with Crippen molar-refractivity contribution in [1.29, 1.82) is 0 Å². The third-order valence-corrected chi connectivity index (χ3v) is 3.54. The molecular formula is C15H23IO3. The van der Waals surface area contributed by atoms with Crippen LogP contribution in [0.5, 0.6) is 0 Å². The minimum atomic E-state index is 0.180. The van der Waals surface area contributed by atoms with Crippen molar-refractivity contribution in [1.82, 2.24) is 0 Å². The van der Waals surface area contributed by atoms with Crippen LogP contribution in [-0.2, 0) is 14.2 Å². The summed E-state index contributed by atoms with van der Waals surface area (Å²) in [5, 5.41) is 0. The van der Waals surface area contributed by atoms with Crippen LogP contribution in [0.25, 0.3) is 0 Å². The Hall–Kier alpha value is -0.170. The molecule has 108 valence electrons. The van der Waals surface area contributed by atoms with Crippen molar-refractivity contribution in [2.45, 2.75) is 19.4 Å². The van der Waals surface area contributed by atoms with Gasteiger partial charge in [-0.05, 0) is 18.9 Å². The molecule has 1 unspecified atom stereocenters. The number of alkyl halides is 1. The van der Waals surface area contributed by atoms with Crippen LogP contribution in [0.3, 0.4) is 0 Å². The molecule has 0 saturated carbocycles. The molecule has 0 fully saturated rings. The van der Waals surface area contributed by atoms with Gasteiger partial charge in [0.15, 0.2) is 0 Å². The van der Waals surface area contributed by atoms with Crippen LogP contribution in [0.15, 0.2) is 24.3 Å². The van der Waals surface area contributed by atoms with Gasteiger partial charge in [-0.15, -0.1) is 0 Å². The first-order valence-electron chi connectivity index (χ1n) is 6.58. The summed E-state index contributed by atoms with van der Waals surface area (Å²) in [6.45, 7) is 4.88. The second-order valence-corrected chi connectivity index (χ2v) is 5.27. The molecule has 0 amide bonds. The highest BCUT2D eigenvalue weighted by molar-refractivity contribution is 14.1. The van der Waals surface area contributed by atoms with Gasteiger partial charge in [0.2, 0.25) is 0 Å². The van der Waals surface area contributed by atoms with Gasteiger partial charge in [-0.3, -0.25) is 0 Å². The zero-order valence-electron chi connectivity index (χ0n) is 11.7. The molecule has 1 atom stereocenters. The summed E-state index contributed by atoms with van der Waals surface area (Å²) < 4.78 is 17.2. The van der Waals surface area contributed by atoms with Gasteiger partial charge in [-0.1, -0.05) is 52.4 Å². The lowest BCUT2D eigenvalue weighted by Gasteiger charge is -2.16. The summed E-state index contributed by atoms with van der Waals surface area (Å²) in [6.07, 6.45) is 1.10. The number of benzene rings is 1. The van der Waals surface area contributed by atoms with Crippen molar-refractivity contribution in [3.05, 3.63) is 35.4 Å². The zero-order valence-corrected chi connectivity index (χ0v) is 13.9. The van der Waals surface area contributed by atoms with Crippen molar-refractivity contribution in [3.63, 3.8) is 0 Å². The van der Waals surface area contributed by atoms with Crippen LogP contribution in [0.2, 0.25) is 0 Å². The van der Waals surface area contributed by atoms with E-state index in [1.165, 1.54) is 11.1 Å². The Morgan fingerprint density at radius 3 is 2.68 bits per heavy atom. The summed E-state index contributed by atoms with van der Waals surface area (Å²) in [7, 11) is 1.68. The molecule has 19 heavy (non-hydrogen) atoms. The van der Waals surface area contributed by atoms with Gasteiger partial charge in [-0.2, -0.15) is 0 Å². The highest BCUT2D eigenvalue weighted by Crippen LogP contribution is 2.21. The largest absolute Gasteiger partial charge is 0.382 e. The molecule has 0 aliphatic heterocycles. The maximum Gasteiger partial charge on any atom is 0.0914 e. The lowest BCUT2D eigenvalue weighted by atomic mass is 10.1. The van der Waals surface area contributed by atoms with Gasteiger partial charge < -0.3 is 14.2 Å². The first-order chi connectivity index (χ1) is 9.27. The molecule has 0 saturated heterocycles. The van der Waals surface area contributed by atoms with Crippen LogP contribution in [-0.4, -0.2) is 38.0 Å². The molecule has 0 bridgehead atoms. The SMILES string of the molecule is COCCOCCCOC(CI)c1cccc(C)c1. The monoisotopic (exact) mass is 378 g/mol. The maximum absolute atomic E-state index is 5.92. The zero-order chi connectivity index (χ0) is 13.9. The van der Waals surface area contributed by atoms with Crippen LogP contribution >= 0.6 is 22.6 Å². The first kappa shape index (κ1) is 16.9. The number of hydrogen-bond acceptors (Lipinski definition) is 3. The number of aryl methyl sites for hydroxylation is 1. The molecule has 0 aromatic heterocycles. The summed E-state index contributed by atoms with van der Waals surface area (Å²) in [5.74, 6) is 0. The average molecular weight is 378 g/mol. The van der Waals surface area contributed by atoms with Gasteiger partial charge in [0.05, 0.1) is 19.3 Å². The van der Waals surface area contributed by atoms with E-state index in [9.17, 15) is 0 Å². The quantitative estimate of drug-likeness (QED) is 0.354. The second kappa shape index (κ2) is 10.6. The molecule has 0 aliphatic rings. The van der Waals surface area contributed by atoms with Gasteiger partial charge in [0.1, 0.15) is 0 Å². The minimum absolute atomic E-state index is 0.180. The van der Waals surface area contributed by atoms with Gasteiger partial charge in [0.25, 0.3) is 0 Å². The highest BCUT2D eigenvalue weighted by atomic mass is 127. The Bertz CT molecular complexity index is 344. The topological polar surface area (TPSA) is 27.7 Å². The molecule has 4 heteroatoms. The standard InChI is InChI=1S/C15H23IO3/c1-13-5-3-6-14(11-13)15(12-16)19-8-4-7-18-10-9-17-2/h3,5-6,11,15H,4,7-10,12H2,1-2H3. The van der Waals surface area contributed by atoms with Crippen LogP contribution in [0.4, 0.5) is 0 Å². The average Bonchev–Trinajstić information content (AvgIpc) is 2.42. The van der Waals surface area contributed by atoms with E-state index in [0.29, 0.717) is 13.2 Å². The van der Waals surface area contributed by atoms with E-state index in [-0.39, 0.29) is 6.10 Å². The number of ether oxygens (including phenoxy) is 3. The fourth-order valence-corrected chi connectivity index (χ4v) is 2.49. The molecule has 0 N–H and O–H groups in total. The third-order valence-electron chi connectivity index (χ3n) is 2.74. The second-order valence-electron chi connectivity index (χ2n) is 4.39. The van der Waals surface area contributed by atoms with Crippen molar-refractivity contribution < 1.29 is 14.2 Å². The van der Waals surface area contributed by atoms with Crippen molar-refractivity contribution in [3.8, 4) is 0 Å². The Kier molecular flexibility index (Phi) is 9.42. The summed E-state index contributed by atoms with van der Waals surface area (Å²) in [5.41, 5.74) is 2.54. The maximum atomic E-state index is 5.92. The molecular weight excluding hydrogens is 355 g/mol. The molecule has 1 rings (SSSR count). The number of rotatable bonds is 10. The van der Waals surface area contributed by atoms with Crippen molar-refractivity contribution >= 4 is 22.6 Å². The number of methoxy groups -OCH3 is 1. The summed E-state index contributed by atoms with van der Waals surface area (Å²) >= 11 is 2.37. The van der Waals surface area contributed by atoms with Crippen LogP contribution < -0.4 is 0 Å². The van der Waals surface area contributed by atoms with E-state index < -0.39 is 0 Å². The first-order valence-corrected chi connectivity index (χ1v) is 8.11. The van der Waals surface area contributed by atoms with Crippen LogP contribution in [0.1, 0.15) is 23.7 Å². The molecule has 0 aliphatic carbocycles.